The molecule has 32 heavy (non-hydrogen) atoms. The van der Waals surface area contributed by atoms with Gasteiger partial charge in [-0.1, -0.05) is 17.7 Å². The van der Waals surface area contributed by atoms with Crippen molar-refractivity contribution in [1.82, 2.24) is 0 Å². The summed E-state index contributed by atoms with van der Waals surface area (Å²) in [5.41, 5.74) is 0.740. The SMILES string of the molecule is CCOc1ccc(N2C(=O)C(=O)/C(=C(\O)c3cc(Cl)ccc3OC)C2c2cccs2)cc1. The molecule has 4 rings (SSSR count). The highest BCUT2D eigenvalue weighted by atomic mass is 35.5. The van der Waals surface area contributed by atoms with Crippen molar-refractivity contribution in [3.63, 3.8) is 0 Å². The highest BCUT2D eigenvalue weighted by molar-refractivity contribution is 7.10. The number of methoxy groups -OCH3 is 1. The molecule has 0 bridgehead atoms. The van der Waals surface area contributed by atoms with Crippen LogP contribution in [0.15, 0.2) is 65.6 Å². The van der Waals surface area contributed by atoms with E-state index in [2.05, 4.69) is 0 Å². The average molecular weight is 470 g/mol. The molecule has 1 unspecified atom stereocenters. The van der Waals surface area contributed by atoms with Crippen molar-refractivity contribution in [3.05, 3.63) is 81.0 Å². The van der Waals surface area contributed by atoms with Crippen LogP contribution < -0.4 is 14.4 Å². The molecule has 0 saturated carbocycles. The Labute approximate surface area is 194 Å². The van der Waals surface area contributed by atoms with Gasteiger partial charge >= 0.3 is 0 Å². The number of ether oxygens (including phenoxy) is 2. The molecule has 1 aromatic heterocycles. The number of thiophene rings is 1. The first kappa shape index (κ1) is 21.9. The third kappa shape index (κ3) is 3.85. The van der Waals surface area contributed by atoms with Crippen LogP contribution >= 0.6 is 22.9 Å². The second-order valence-corrected chi connectivity index (χ2v) is 8.37. The lowest BCUT2D eigenvalue weighted by atomic mass is 9.99. The van der Waals surface area contributed by atoms with Gasteiger partial charge in [0, 0.05) is 15.6 Å². The smallest absolute Gasteiger partial charge is 0.300 e. The molecule has 1 amide bonds. The zero-order valence-electron chi connectivity index (χ0n) is 17.4. The summed E-state index contributed by atoms with van der Waals surface area (Å²) in [5.74, 6) is -0.852. The monoisotopic (exact) mass is 469 g/mol. The zero-order valence-corrected chi connectivity index (χ0v) is 18.9. The van der Waals surface area contributed by atoms with Crippen LogP contribution in [0.25, 0.3) is 5.76 Å². The van der Waals surface area contributed by atoms with Gasteiger partial charge < -0.3 is 14.6 Å². The lowest BCUT2D eigenvalue weighted by Gasteiger charge is -2.24. The largest absolute Gasteiger partial charge is 0.507 e. The Kier molecular flexibility index (Phi) is 6.21. The summed E-state index contributed by atoms with van der Waals surface area (Å²) in [6.07, 6.45) is 0. The van der Waals surface area contributed by atoms with Crippen LogP contribution in [0.3, 0.4) is 0 Å². The van der Waals surface area contributed by atoms with Crippen molar-refractivity contribution in [1.29, 1.82) is 0 Å². The van der Waals surface area contributed by atoms with E-state index in [1.54, 1.807) is 36.4 Å². The number of halogens is 1. The highest BCUT2D eigenvalue weighted by Crippen LogP contribution is 2.45. The quantitative estimate of drug-likeness (QED) is 0.296. The molecule has 1 atom stereocenters. The highest BCUT2D eigenvalue weighted by Gasteiger charge is 2.47. The Balaban J connectivity index is 1.90. The van der Waals surface area contributed by atoms with E-state index in [0.717, 1.165) is 4.88 Å². The number of ketones is 1. The minimum Gasteiger partial charge on any atom is -0.507 e. The molecule has 1 aliphatic heterocycles. The van der Waals surface area contributed by atoms with E-state index < -0.39 is 17.7 Å². The molecule has 164 valence electrons. The molecule has 1 fully saturated rings. The van der Waals surface area contributed by atoms with E-state index >= 15 is 0 Å². The maximum Gasteiger partial charge on any atom is 0.300 e. The number of anilines is 1. The van der Waals surface area contributed by atoms with Gasteiger partial charge in [0.2, 0.25) is 0 Å². The van der Waals surface area contributed by atoms with E-state index in [0.29, 0.717) is 28.8 Å². The summed E-state index contributed by atoms with van der Waals surface area (Å²) in [7, 11) is 1.45. The maximum absolute atomic E-state index is 13.2. The second kappa shape index (κ2) is 9.06. The van der Waals surface area contributed by atoms with Crippen LogP contribution in [-0.2, 0) is 9.59 Å². The molecule has 0 radical (unpaired) electrons. The van der Waals surface area contributed by atoms with Crippen molar-refractivity contribution in [2.45, 2.75) is 13.0 Å². The van der Waals surface area contributed by atoms with Gasteiger partial charge in [0.1, 0.15) is 23.3 Å². The summed E-state index contributed by atoms with van der Waals surface area (Å²) in [6, 6.07) is 14.5. The van der Waals surface area contributed by atoms with E-state index in [4.69, 9.17) is 21.1 Å². The molecule has 2 heterocycles. The number of nitrogens with zero attached hydrogens (tertiary/aromatic N) is 1. The fourth-order valence-corrected chi connectivity index (χ4v) is 4.69. The standard InChI is InChI=1S/C24H20ClNO5S/c1-3-31-16-9-7-15(8-10-16)26-21(19-5-4-12-32-19)20(23(28)24(26)29)22(27)17-13-14(25)6-11-18(17)30-2/h4-13,21,27H,3H2,1-2H3/b22-20-. The molecule has 8 heteroatoms. The Morgan fingerprint density at radius 3 is 2.53 bits per heavy atom. The number of carbonyl (C=O) groups is 2. The number of Topliss-reactive ketones (excluding diaryl/α,β-unsaturated/α-hetero) is 1. The van der Waals surface area contributed by atoms with Crippen LogP contribution in [0.2, 0.25) is 5.02 Å². The molecular formula is C24H20ClNO5S. The molecule has 0 aliphatic carbocycles. The summed E-state index contributed by atoms with van der Waals surface area (Å²) in [6.45, 7) is 2.40. The molecule has 2 aromatic carbocycles. The van der Waals surface area contributed by atoms with Crippen molar-refractivity contribution in [2.75, 3.05) is 18.6 Å². The van der Waals surface area contributed by atoms with Crippen molar-refractivity contribution < 1.29 is 24.2 Å². The lowest BCUT2D eigenvalue weighted by molar-refractivity contribution is -0.132. The number of benzene rings is 2. The minimum atomic E-state index is -0.795. The number of rotatable bonds is 6. The predicted molar refractivity (Wildman–Crippen MR) is 125 cm³/mol. The first-order chi connectivity index (χ1) is 15.5. The zero-order chi connectivity index (χ0) is 22.8. The van der Waals surface area contributed by atoms with Gasteiger partial charge in [0.25, 0.3) is 11.7 Å². The molecular weight excluding hydrogens is 450 g/mol. The first-order valence-corrected chi connectivity index (χ1v) is 11.1. The third-order valence-electron chi connectivity index (χ3n) is 5.10. The molecule has 0 spiro atoms. The van der Waals surface area contributed by atoms with Gasteiger partial charge in [0.15, 0.2) is 0 Å². The van der Waals surface area contributed by atoms with Gasteiger partial charge in [0.05, 0.1) is 24.9 Å². The van der Waals surface area contributed by atoms with E-state index in [1.807, 2.05) is 24.4 Å². The Bertz CT molecular complexity index is 1190. The minimum absolute atomic E-state index is 0.0214. The van der Waals surface area contributed by atoms with Gasteiger partial charge in [-0.2, -0.15) is 0 Å². The van der Waals surface area contributed by atoms with Gasteiger partial charge in [-0.25, -0.2) is 0 Å². The Morgan fingerprint density at radius 2 is 1.91 bits per heavy atom. The van der Waals surface area contributed by atoms with Gasteiger partial charge in [-0.3, -0.25) is 14.5 Å². The first-order valence-electron chi connectivity index (χ1n) is 9.87. The summed E-state index contributed by atoms with van der Waals surface area (Å²) in [4.78, 5) is 28.4. The maximum atomic E-state index is 13.2. The fraction of sp³-hybridized carbons (Fsp3) is 0.167. The van der Waals surface area contributed by atoms with Gasteiger partial charge in [-0.15, -0.1) is 11.3 Å². The Hall–Kier alpha value is -3.29. The van der Waals surface area contributed by atoms with E-state index in [9.17, 15) is 14.7 Å². The van der Waals surface area contributed by atoms with Crippen LogP contribution in [0, 0.1) is 0 Å². The number of amides is 1. The average Bonchev–Trinajstić information content (AvgIpc) is 3.41. The molecule has 1 N–H and O–H groups in total. The molecule has 6 nitrogen and oxygen atoms in total. The van der Waals surface area contributed by atoms with Crippen LogP contribution in [0.5, 0.6) is 11.5 Å². The van der Waals surface area contributed by atoms with Crippen molar-refractivity contribution in [3.8, 4) is 11.5 Å². The lowest BCUT2D eigenvalue weighted by Crippen LogP contribution is -2.29. The summed E-state index contributed by atoms with van der Waals surface area (Å²) < 4.78 is 10.8. The topological polar surface area (TPSA) is 76.1 Å². The Morgan fingerprint density at radius 1 is 1.16 bits per heavy atom. The summed E-state index contributed by atoms with van der Waals surface area (Å²) in [5, 5.41) is 13.4. The van der Waals surface area contributed by atoms with Crippen LogP contribution in [0.4, 0.5) is 5.69 Å². The second-order valence-electron chi connectivity index (χ2n) is 6.96. The van der Waals surface area contributed by atoms with Crippen molar-refractivity contribution >= 4 is 46.1 Å². The number of hydrogen-bond donors (Lipinski definition) is 1. The molecule has 1 aliphatic rings. The molecule has 1 saturated heterocycles. The predicted octanol–water partition coefficient (Wildman–Crippen LogP) is 5.44. The van der Waals surface area contributed by atoms with E-state index in [1.165, 1.54) is 29.4 Å². The number of aliphatic hydroxyl groups excluding tert-OH is 1. The van der Waals surface area contributed by atoms with Crippen LogP contribution in [-0.4, -0.2) is 30.5 Å². The van der Waals surface area contributed by atoms with E-state index in [-0.39, 0.29) is 16.9 Å². The normalized spacial score (nSPS) is 17.6. The number of hydrogen-bond acceptors (Lipinski definition) is 6. The molecule has 3 aromatic rings. The number of aliphatic hydroxyl groups is 1. The van der Waals surface area contributed by atoms with Crippen molar-refractivity contribution in [2.24, 2.45) is 0 Å². The van der Waals surface area contributed by atoms with Gasteiger partial charge in [-0.05, 0) is 60.8 Å². The fourth-order valence-electron chi connectivity index (χ4n) is 3.69. The van der Waals surface area contributed by atoms with Crippen LogP contribution in [0.1, 0.15) is 23.4 Å². The summed E-state index contributed by atoms with van der Waals surface area (Å²) >= 11 is 7.52. The number of carbonyl (C=O) groups excluding carboxylic acids is 2. The third-order valence-corrected chi connectivity index (χ3v) is 6.26.